The zero-order valence-corrected chi connectivity index (χ0v) is 8.84. The lowest BCUT2D eigenvalue weighted by Crippen LogP contribution is -2.14. The quantitative estimate of drug-likeness (QED) is 0.749. The summed E-state index contributed by atoms with van der Waals surface area (Å²) in [6, 6.07) is 4.82. The van der Waals surface area contributed by atoms with E-state index in [1.807, 2.05) is 0 Å². The van der Waals surface area contributed by atoms with Crippen molar-refractivity contribution < 1.29 is 22.7 Å². The molecule has 1 aromatic rings. The van der Waals surface area contributed by atoms with Crippen molar-refractivity contribution in [2.45, 2.75) is 12.6 Å². The number of rotatable bonds is 2. The molecule has 0 amide bonds. The molecule has 3 nitrogen and oxygen atoms in total. The van der Waals surface area contributed by atoms with Gasteiger partial charge in [0.15, 0.2) is 0 Å². The number of benzene rings is 1. The van der Waals surface area contributed by atoms with Gasteiger partial charge in [-0.05, 0) is 17.7 Å². The number of hydrogen-bond acceptors (Lipinski definition) is 3. The van der Waals surface area contributed by atoms with Crippen LogP contribution in [0.5, 0.6) is 0 Å². The number of alkyl halides is 3. The van der Waals surface area contributed by atoms with E-state index in [-0.39, 0.29) is 11.1 Å². The maximum absolute atomic E-state index is 12.7. The Morgan fingerprint density at radius 2 is 2.12 bits per heavy atom. The van der Waals surface area contributed by atoms with Crippen LogP contribution in [-0.4, -0.2) is 13.1 Å². The molecule has 0 fully saturated rings. The first-order chi connectivity index (χ1) is 7.90. The second-order valence-corrected chi connectivity index (χ2v) is 3.19. The van der Waals surface area contributed by atoms with Crippen LogP contribution in [-0.2, 0) is 22.1 Å². The average molecular weight is 243 g/mol. The first kappa shape index (κ1) is 13.0. The van der Waals surface area contributed by atoms with Gasteiger partial charge >= 0.3 is 12.1 Å². The maximum Gasteiger partial charge on any atom is 0.416 e. The van der Waals surface area contributed by atoms with E-state index >= 15 is 0 Å². The summed E-state index contributed by atoms with van der Waals surface area (Å²) in [6.45, 7) is 0. The van der Waals surface area contributed by atoms with Crippen molar-refractivity contribution >= 4 is 5.97 Å². The third kappa shape index (κ3) is 2.97. The molecule has 0 unspecified atom stereocenters. The SMILES string of the molecule is COC(=O)Cc1c(C#N)cccc1C(F)(F)F. The third-order valence-electron chi connectivity index (χ3n) is 2.15. The molecule has 0 heterocycles. The summed E-state index contributed by atoms with van der Waals surface area (Å²) in [5, 5.41) is 8.72. The highest BCUT2D eigenvalue weighted by atomic mass is 19.4. The Balaban J connectivity index is 3.32. The van der Waals surface area contributed by atoms with Crippen molar-refractivity contribution in [3.8, 4) is 6.07 Å². The van der Waals surface area contributed by atoms with Gasteiger partial charge in [0.2, 0.25) is 0 Å². The van der Waals surface area contributed by atoms with Gasteiger partial charge in [0.25, 0.3) is 0 Å². The number of nitriles is 1. The fourth-order valence-electron chi connectivity index (χ4n) is 1.36. The predicted molar refractivity (Wildman–Crippen MR) is 51.9 cm³/mol. The van der Waals surface area contributed by atoms with Crippen LogP contribution in [0.2, 0.25) is 0 Å². The smallest absolute Gasteiger partial charge is 0.416 e. The van der Waals surface area contributed by atoms with Gasteiger partial charge in [0.05, 0.1) is 30.7 Å². The van der Waals surface area contributed by atoms with E-state index in [2.05, 4.69) is 4.74 Å². The van der Waals surface area contributed by atoms with Crippen LogP contribution >= 0.6 is 0 Å². The van der Waals surface area contributed by atoms with Gasteiger partial charge in [-0.1, -0.05) is 6.07 Å². The van der Waals surface area contributed by atoms with Gasteiger partial charge in [-0.15, -0.1) is 0 Å². The first-order valence-electron chi connectivity index (χ1n) is 4.56. The second kappa shape index (κ2) is 4.87. The minimum absolute atomic E-state index is 0.176. The van der Waals surface area contributed by atoms with E-state index < -0.39 is 24.1 Å². The van der Waals surface area contributed by atoms with E-state index in [1.165, 1.54) is 6.07 Å². The monoisotopic (exact) mass is 243 g/mol. The van der Waals surface area contributed by atoms with E-state index in [4.69, 9.17) is 5.26 Å². The molecule has 0 saturated carbocycles. The van der Waals surface area contributed by atoms with E-state index in [0.717, 1.165) is 19.2 Å². The normalized spacial score (nSPS) is 10.8. The number of methoxy groups -OCH3 is 1. The highest BCUT2D eigenvalue weighted by Gasteiger charge is 2.34. The number of halogens is 3. The summed E-state index contributed by atoms with van der Waals surface area (Å²) in [6.07, 6.45) is -5.18. The van der Waals surface area contributed by atoms with Crippen LogP contribution in [0.3, 0.4) is 0 Å². The first-order valence-corrected chi connectivity index (χ1v) is 4.56. The molecule has 6 heteroatoms. The van der Waals surface area contributed by atoms with Gasteiger partial charge in [-0.25, -0.2) is 0 Å². The molecule has 0 bridgehead atoms. The molecule has 1 rings (SSSR count). The van der Waals surface area contributed by atoms with Gasteiger partial charge in [0.1, 0.15) is 0 Å². The summed E-state index contributed by atoms with van der Waals surface area (Å²) in [7, 11) is 1.07. The van der Waals surface area contributed by atoms with E-state index in [0.29, 0.717) is 0 Å². The van der Waals surface area contributed by atoms with Gasteiger partial charge in [-0.2, -0.15) is 18.4 Å². The molecule has 0 spiro atoms. The van der Waals surface area contributed by atoms with Crippen LogP contribution in [0.25, 0.3) is 0 Å². The fraction of sp³-hybridized carbons (Fsp3) is 0.273. The summed E-state index contributed by atoms with van der Waals surface area (Å²) >= 11 is 0. The highest BCUT2D eigenvalue weighted by Crippen LogP contribution is 2.33. The summed E-state index contributed by atoms with van der Waals surface area (Å²) in [5.41, 5.74) is -1.51. The molecule has 17 heavy (non-hydrogen) atoms. The lowest BCUT2D eigenvalue weighted by molar-refractivity contribution is -0.141. The minimum atomic E-state index is -4.60. The molecule has 0 aliphatic carbocycles. The number of esters is 1. The molecule has 0 atom stereocenters. The fourth-order valence-corrected chi connectivity index (χ4v) is 1.36. The van der Waals surface area contributed by atoms with Crippen molar-refractivity contribution in [2.75, 3.05) is 7.11 Å². The Hall–Kier alpha value is -2.03. The Morgan fingerprint density at radius 3 is 2.59 bits per heavy atom. The summed E-state index contributed by atoms with van der Waals surface area (Å²) in [4.78, 5) is 11.0. The molecular weight excluding hydrogens is 235 g/mol. The predicted octanol–water partition coefficient (Wildman–Crippen LogP) is 2.29. The zero-order valence-electron chi connectivity index (χ0n) is 8.84. The van der Waals surface area contributed by atoms with Crippen molar-refractivity contribution in [2.24, 2.45) is 0 Å². The minimum Gasteiger partial charge on any atom is -0.469 e. The molecule has 0 aromatic heterocycles. The average Bonchev–Trinajstić information content (AvgIpc) is 2.27. The lowest BCUT2D eigenvalue weighted by atomic mass is 9.98. The van der Waals surface area contributed by atoms with Crippen LogP contribution in [0.1, 0.15) is 16.7 Å². The number of carbonyl (C=O) groups excluding carboxylic acids is 1. The highest BCUT2D eigenvalue weighted by molar-refractivity contribution is 5.74. The molecule has 0 radical (unpaired) electrons. The van der Waals surface area contributed by atoms with Crippen molar-refractivity contribution in [1.82, 2.24) is 0 Å². The van der Waals surface area contributed by atoms with Gasteiger partial charge in [-0.3, -0.25) is 4.79 Å². The Kier molecular flexibility index (Phi) is 3.73. The van der Waals surface area contributed by atoms with Crippen molar-refractivity contribution in [3.63, 3.8) is 0 Å². The molecule has 0 N–H and O–H groups in total. The lowest BCUT2D eigenvalue weighted by Gasteiger charge is -2.13. The summed E-state index contributed by atoms with van der Waals surface area (Å²) in [5.74, 6) is -0.821. The molecule has 90 valence electrons. The Morgan fingerprint density at radius 1 is 1.47 bits per heavy atom. The van der Waals surface area contributed by atoms with E-state index in [1.54, 1.807) is 6.07 Å². The van der Waals surface area contributed by atoms with Crippen LogP contribution in [0, 0.1) is 11.3 Å². The van der Waals surface area contributed by atoms with E-state index in [9.17, 15) is 18.0 Å². The topological polar surface area (TPSA) is 50.1 Å². The molecule has 0 saturated heterocycles. The zero-order chi connectivity index (χ0) is 13.1. The Labute approximate surface area is 95.4 Å². The molecular formula is C11H8F3NO2. The number of nitrogens with zero attached hydrogens (tertiary/aromatic N) is 1. The molecule has 0 aliphatic rings. The third-order valence-corrected chi connectivity index (χ3v) is 2.15. The van der Waals surface area contributed by atoms with Crippen molar-refractivity contribution in [1.29, 1.82) is 5.26 Å². The second-order valence-electron chi connectivity index (χ2n) is 3.19. The van der Waals surface area contributed by atoms with Crippen molar-refractivity contribution in [3.05, 3.63) is 34.9 Å². The van der Waals surface area contributed by atoms with Crippen LogP contribution in [0.4, 0.5) is 13.2 Å². The molecule has 1 aromatic carbocycles. The molecule has 0 aliphatic heterocycles. The van der Waals surface area contributed by atoms with Crippen LogP contribution < -0.4 is 0 Å². The standard InChI is InChI=1S/C11H8F3NO2/c1-17-10(16)5-8-7(6-15)3-2-4-9(8)11(12,13)14/h2-4H,5H2,1H3. The number of ether oxygens (including phenoxy) is 1. The maximum atomic E-state index is 12.7. The largest absolute Gasteiger partial charge is 0.469 e. The van der Waals surface area contributed by atoms with Gasteiger partial charge in [0, 0.05) is 0 Å². The van der Waals surface area contributed by atoms with Crippen LogP contribution in [0.15, 0.2) is 18.2 Å². The number of carbonyl (C=O) groups is 1. The van der Waals surface area contributed by atoms with Gasteiger partial charge < -0.3 is 4.74 Å². The number of hydrogen-bond donors (Lipinski definition) is 0. The Bertz CT molecular complexity index is 475. The summed E-state index contributed by atoms with van der Waals surface area (Å²) < 4.78 is 42.3.